The third kappa shape index (κ3) is 8.74. The summed E-state index contributed by atoms with van der Waals surface area (Å²) in [6.07, 6.45) is -11.0. The molecule has 0 aliphatic carbocycles. The van der Waals surface area contributed by atoms with Gasteiger partial charge in [-0.3, -0.25) is 0 Å². The number of carboxylic acids is 2. The maximum atomic E-state index is 12.1. The van der Waals surface area contributed by atoms with Crippen LogP contribution in [-0.4, -0.2) is 48.7 Å². The number of halogens is 6. The van der Waals surface area contributed by atoms with Gasteiger partial charge >= 0.3 is 24.3 Å². The highest BCUT2D eigenvalue weighted by molar-refractivity contribution is 5.88. The van der Waals surface area contributed by atoms with Gasteiger partial charge in [-0.05, 0) is 24.3 Å². The summed E-state index contributed by atoms with van der Waals surface area (Å²) in [4.78, 5) is 21.2. The second-order valence-corrected chi connectivity index (χ2v) is 6.25. The predicted molar refractivity (Wildman–Crippen MR) is 99.4 cm³/mol. The third-order valence-corrected chi connectivity index (χ3v) is 3.85. The molecule has 0 bridgehead atoms. The molecular weight excluding hydrogens is 450 g/mol. The number of hydrogen-bond donors (Lipinski definition) is 2. The minimum absolute atomic E-state index is 0.0720. The van der Waals surface area contributed by atoms with Gasteiger partial charge in [-0.15, -0.1) is 0 Å². The second kappa shape index (κ2) is 10.7. The number of aromatic carboxylic acids is 2. The molecule has 2 aromatic carbocycles. The van der Waals surface area contributed by atoms with Crippen molar-refractivity contribution < 1.29 is 55.6 Å². The van der Waals surface area contributed by atoms with Crippen LogP contribution >= 0.6 is 0 Å². The van der Waals surface area contributed by atoms with Crippen LogP contribution in [0.25, 0.3) is 0 Å². The maximum absolute atomic E-state index is 12.1. The van der Waals surface area contributed by atoms with E-state index in [1.165, 1.54) is 14.2 Å². The Morgan fingerprint density at radius 2 is 1.03 bits per heavy atom. The first kappa shape index (κ1) is 26.6. The van der Waals surface area contributed by atoms with Crippen molar-refractivity contribution in [2.24, 2.45) is 0 Å². The third-order valence-electron chi connectivity index (χ3n) is 3.85. The zero-order chi connectivity index (χ0) is 24.7. The van der Waals surface area contributed by atoms with Gasteiger partial charge in [0.2, 0.25) is 0 Å². The quantitative estimate of drug-likeness (QED) is 0.580. The number of methoxy groups -OCH3 is 2. The monoisotopic (exact) mass is 468 g/mol. The van der Waals surface area contributed by atoms with Crippen LogP contribution in [0.5, 0.6) is 11.5 Å². The second-order valence-electron chi connectivity index (χ2n) is 6.25. The average molecular weight is 468 g/mol. The molecule has 0 aliphatic rings. The number of rotatable bonds is 6. The first-order chi connectivity index (χ1) is 14.7. The van der Waals surface area contributed by atoms with Crippen LogP contribution in [0.4, 0.5) is 26.3 Å². The lowest BCUT2D eigenvalue weighted by atomic mass is 10.1. The van der Waals surface area contributed by atoms with Crippen molar-refractivity contribution in [2.45, 2.75) is 25.2 Å². The van der Waals surface area contributed by atoms with Crippen molar-refractivity contribution >= 4 is 11.9 Å². The van der Waals surface area contributed by atoms with Crippen LogP contribution in [0, 0.1) is 0 Å². The highest BCUT2D eigenvalue weighted by Crippen LogP contribution is 2.29. The maximum Gasteiger partial charge on any atom is 0.393 e. The van der Waals surface area contributed by atoms with Gasteiger partial charge in [0.05, 0.1) is 38.2 Å². The van der Waals surface area contributed by atoms with Gasteiger partial charge < -0.3 is 19.7 Å². The summed E-state index contributed by atoms with van der Waals surface area (Å²) >= 11 is 0. The van der Waals surface area contributed by atoms with Gasteiger partial charge in [0.15, 0.2) is 0 Å². The topological polar surface area (TPSA) is 93.1 Å². The zero-order valence-corrected chi connectivity index (χ0v) is 16.7. The molecule has 0 radical (unpaired) electrons. The molecular formula is C20H18F6O6. The molecule has 0 aliphatic heterocycles. The lowest BCUT2D eigenvalue weighted by Crippen LogP contribution is -2.12. The molecule has 0 saturated carbocycles. The van der Waals surface area contributed by atoms with Crippen molar-refractivity contribution in [3.05, 3.63) is 58.7 Å². The van der Waals surface area contributed by atoms with Gasteiger partial charge in [0.1, 0.15) is 11.5 Å². The molecule has 176 valence electrons. The minimum Gasteiger partial charge on any atom is -0.496 e. The molecule has 0 fully saturated rings. The van der Waals surface area contributed by atoms with Crippen LogP contribution in [0.2, 0.25) is 0 Å². The largest absolute Gasteiger partial charge is 0.496 e. The Bertz CT molecular complexity index is 875. The van der Waals surface area contributed by atoms with E-state index in [1.807, 2.05) is 0 Å². The van der Waals surface area contributed by atoms with Crippen molar-refractivity contribution in [1.82, 2.24) is 0 Å². The number of alkyl halides is 6. The fourth-order valence-corrected chi connectivity index (χ4v) is 2.48. The Kier molecular flexibility index (Phi) is 8.92. The van der Waals surface area contributed by atoms with E-state index < -0.39 is 37.1 Å². The van der Waals surface area contributed by atoms with E-state index in [4.69, 9.17) is 19.7 Å². The van der Waals surface area contributed by atoms with E-state index in [1.54, 1.807) is 0 Å². The van der Waals surface area contributed by atoms with Crippen LogP contribution in [0.1, 0.15) is 31.8 Å². The van der Waals surface area contributed by atoms with Gasteiger partial charge in [-0.1, -0.05) is 12.1 Å². The standard InChI is InChI=1S/2C10H9F3O3/c2*1-16-8-4-6(9(14)15)2-3-7(8)5-10(11,12)13/h2*2-4H,5H2,1H3,(H,14,15). The summed E-state index contributed by atoms with van der Waals surface area (Å²) in [6, 6.07) is 6.59. The summed E-state index contributed by atoms with van der Waals surface area (Å²) in [6.45, 7) is 0. The molecule has 0 spiro atoms. The first-order valence-electron chi connectivity index (χ1n) is 8.60. The lowest BCUT2D eigenvalue weighted by Gasteiger charge is -2.11. The molecule has 0 atom stereocenters. The van der Waals surface area contributed by atoms with Gasteiger partial charge in [-0.2, -0.15) is 26.3 Å². The molecule has 32 heavy (non-hydrogen) atoms. The number of benzene rings is 2. The summed E-state index contributed by atoms with van der Waals surface area (Å²) < 4.78 is 82.3. The van der Waals surface area contributed by atoms with Crippen LogP contribution < -0.4 is 9.47 Å². The highest BCUT2D eigenvalue weighted by Gasteiger charge is 2.30. The van der Waals surface area contributed by atoms with E-state index in [0.717, 1.165) is 36.4 Å². The average Bonchev–Trinajstić information content (AvgIpc) is 2.66. The molecule has 6 nitrogen and oxygen atoms in total. The summed E-state index contributed by atoms with van der Waals surface area (Å²) in [5.74, 6) is -2.57. The highest BCUT2D eigenvalue weighted by atomic mass is 19.4. The molecule has 0 unspecified atom stereocenters. The molecule has 0 saturated heterocycles. The van der Waals surface area contributed by atoms with E-state index in [9.17, 15) is 35.9 Å². The van der Waals surface area contributed by atoms with Crippen molar-refractivity contribution in [3.8, 4) is 11.5 Å². The van der Waals surface area contributed by atoms with Gasteiger partial charge in [0.25, 0.3) is 0 Å². The molecule has 12 heteroatoms. The Hall–Kier alpha value is -3.44. The molecule has 2 aromatic rings. The molecule has 0 aromatic heterocycles. The minimum atomic E-state index is -4.35. The van der Waals surface area contributed by atoms with E-state index in [0.29, 0.717) is 0 Å². The number of carbonyl (C=O) groups is 2. The van der Waals surface area contributed by atoms with Crippen molar-refractivity contribution in [3.63, 3.8) is 0 Å². The SMILES string of the molecule is COc1cc(C(=O)O)ccc1CC(F)(F)F.COc1cc(C(=O)O)ccc1CC(F)(F)F. The van der Waals surface area contributed by atoms with E-state index in [2.05, 4.69) is 0 Å². The fraction of sp³-hybridized carbons (Fsp3) is 0.300. The predicted octanol–water partition coefficient (Wildman–Crippen LogP) is 5.00. The van der Waals surface area contributed by atoms with Crippen LogP contribution in [0.15, 0.2) is 36.4 Å². The van der Waals surface area contributed by atoms with Gasteiger partial charge in [-0.25, -0.2) is 9.59 Å². The van der Waals surface area contributed by atoms with Crippen LogP contribution in [0.3, 0.4) is 0 Å². The summed E-state index contributed by atoms with van der Waals surface area (Å²) in [5.41, 5.74) is -0.384. The Morgan fingerprint density at radius 3 is 1.25 bits per heavy atom. The Labute approximate surface area is 178 Å². The first-order valence-corrected chi connectivity index (χ1v) is 8.60. The molecule has 2 rings (SSSR count). The van der Waals surface area contributed by atoms with Crippen molar-refractivity contribution in [1.29, 1.82) is 0 Å². The summed E-state index contributed by atoms with van der Waals surface area (Å²) in [5, 5.41) is 17.3. The van der Waals surface area contributed by atoms with E-state index in [-0.39, 0.29) is 33.8 Å². The molecule has 2 N–H and O–H groups in total. The Morgan fingerprint density at radius 1 is 0.719 bits per heavy atom. The molecule has 0 heterocycles. The molecule has 0 amide bonds. The zero-order valence-electron chi connectivity index (χ0n) is 16.7. The summed E-state index contributed by atoms with van der Waals surface area (Å²) in [7, 11) is 2.39. The lowest BCUT2D eigenvalue weighted by molar-refractivity contribution is -0.128. The number of carboxylic acid groups (broad SMARTS) is 2. The number of hydrogen-bond acceptors (Lipinski definition) is 4. The van der Waals surface area contributed by atoms with Gasteiger partial charge in [0, 0.05) is 11.1 Å². The number of ether oxygens (including phenoxy) is 2. The van der Waals surface area contributed by atoms with Crippen molar-refractivity contribution in [2.75, 3.05) is 14.2 Å². The Balaban J connectivity index is 0.000000320. The normalized spacial score (nSPS) is 11.2. The fourth-order valence-electron chi connectivity index (χ4n) is 2.48. The van der Waals surface area contributed by atoms with E-state index >= 15 is 0 Å². The van der Waals surface area contributed by atoms with Crippen LogP contribution in [-0.2, 0) is 12.8 Å². The smallest absolute Gasteiger partial charge is 0.393 e.